The molecule has 5 nitrogen and oxygen atoms in total. The van der Waals surface area contributed by atoms with E-state index in [4.69, 9.17) is 4.74 Å². The molecule has 0 aliphatic rings. The van der Waals surface area contributed by atoms with Gasteiger partial charge in [0.25, 0.3) is 0 Å². The van der Waals surface area contributed by atoms with Crippen LogP contribution in [-0.4, -0.2) is 35.1 Å². The molecular weight excluding hydrogens is 254 g/mol. The van der Waals surface area contributed by atoms with Crippen LogP contribution in [-0.2, 0) is 13.5 Å². The van der Waals surface area contributed by atoms with E-state index in [1.165, 1.54) is 0 Å². The number of nitrogens with one attached hydrogen (secondary N) is 1. The van der Waals surface area contributed by atoms with E-state index in [9.17, 15) is 5.11 Å². The van der Waals surface area contributed by atoms with Gasteiger partial charge in [0.15, 0.2) is 0 Å². The number of ether oxygens (including phenoxy) is 1. The monoisotopic (exact) mass is 275 g/mol. The van der Waals surface area contributed by atoms with Gasteiger partial charge in [-0.2, -0.15) is 5.10 Å². The Hall–Kier alpha value is -1.85. The second kappa shape index (κ2) is 7.07. The van der Waals surface area contributed by atoms with Gasteiger partial charge in [-0.25, -0.2) is 0 Å². The van der Waals surface area contributed by atoms with Gasteiger partial charge in [-0.1, -0.05) is 12.1 Å². The van der Waals surface area contributed by atoms with E-state index < -0.39 is 6.10 Å². The average molecular weight is 275 g/mol. The molecule has 108 valence electrons. The summed E-state index contributed by atoms with van der Waals surface area (Å²) in [6.45, 7) is 1.32. The number of nitrogens with zero attached hydrogens (tertiary/aromatic N) is 2. The van der Waals surface area contributed by atoms with Crippen LogP contribution < -0.4 is 10.1 Å². The van der Waals surface area contributed by atoms with Gasteiger partial charge >= 0.3 is 0 Å². The van der Waals surface area contributed by atoms with E-state index in [0.29, 0.717) is 6.54 Å². The number of hydrogen-bond acceptors (Lipinski definition) is 4. The fourth-order valence-corrected chi connectivity index (χ4v) is 2.00. The minimum absolute atomic E-state index is 0.510. The summed E-state index contributed by atoms with van der Waals surface area (Å²) in [5.41, 5.74) is 1.94. The Labute approximate surface area is 119 Å². The maximum absolute atomic E-state index is 10.1. The molecule has 2 rings (SSSR count). The maximum atomic E-state index is 10.1. The summed E-state index contributed by atoms with van der Waals surface area (Å²) in [7, 11) is 3.54. The molecule has 0 amide bonds. The zero-order chi connectivity index (χ0) is 14.4. The van der Waals surface area contributed by atoms with Gasteiger partial charge in [-0.15, -0.1) is 0 Å². The maximum Gasteiger partial charge on any atom is 0.118 e. The number of aliphatic hydroxyl groups excluding tert-OH is 1. The number of aryl methyl sites for hydroxylation is 1. The zero-order valence-corrected chi connectivity index (χ0v) is 11.9. The lowest BCUT2D eigenvalue weighted by atomic mass is 10.1. The van der Waals surface area contributed by atoms with E-state index in [2.05, 4.69) is 10.4 Å². The summed E-state index contributed by atoms with van der Waals surface area (Å²) >= 11 is 0. The molecule has 1 unspecified atom stereocenters. The van der Waals surface area contributed by atoms with E-state index in [-0.39, 0.29) is 0 Å². The minimum atomic E-state index is -0.510. The predicted molar refractivity (Wildman–Crippen MR) is 77.7 cm³/mol. The lowest BCUT2D eigenvalue weighted by Gasteiger charge is -2.12. The number of hydrogen-bond donors (Lipinski definition) is 2. The molecule has 5 heteroatoms. The first-order valence-corrected chi connectivity index (χ1v) is 6.70. The van der Waals surface area contributed by atoms with Crippen LogP contribution in [0.2, 0.25) is 0 Å². The Kier molecular flexibility index (Phi) is 5.15. The number of rotatable bonds is 7. The molecule has 0 radical (unpaired) electrons. The Morgan fingerprint density at radius 3 is 2.65 bits per heavy atom. The van der Waals surface area contributed by atoms with Gasteiger partial charge in [0.2, 0.25) is 0 Å². The minimum Gasteiger partial charge on any atom is -0.497 e. The SMILES string of the molecule is COc1ccc(C(O)CNCCc2ccn(C)n2)cc1. The topological polar surface area (TPSA) is 59.3 Å². The third kappa shape index (κ3) is 4.08. The van der Waals surface area contributed by atoms with Crippen LogP contribution in [0, 0.1) is 0 Å². The van der Waals surface area contributed by atoms with Crippen LogP contribution in [0.3, 0.4) is 0 Å². The molecule has 0 aliphatic carbocycles. The lowest BCUT2D eigenvalue weighted by Crippen LogP contribution is -2.23. The molecule has 2 aromatic rings. The van der Waals surface area contributed by atoms with Gasteiger partial charge in [0.1, 0.15) is 5.75 Å². The van der Waals surface area contributed by atoms with Crippen LogP contribution in [0.1, 0.15) is 17.4 Å². The van der Waals surface area contributed by atoms with Gasteiger partial charge in [-0.3, -0.25) is 4.68 Å². The molecule has 0 aliphatic heterocycles. The Morgan fingerprint density at radius 1 is 1.30 bits per heavy atom. The largest absolute Gasteiger partial charge is 0.497 e. The van der Waals surface area contributed by atoms with Crippen molar-refractivity contribution in [3.8, 4) is 5.75 Å². The molecule has 0 saturated carbocycles. The van der Waals surface area contributed by atoms with E-state index in [1.54, 1.807) is 11.8 Å². The standard InChI is InChI=1S/C15H21N3O2/c1-18-10-8-13(17-18)7-9-16-11-15(19)12-3-5-14(20-2)6-4-12/h3-6,8,10,15-16,19H,7,9,11H2,1-2H3. The average Bonchev–Trinajstić information content (AvgIpc) is 2.89. The Balaban J connectivity index is 1.72. The van der Waals surface area contributed by atoms with E-state index in [1.807, 2.05) is 43.6 Å². The lowest BCUT2D eigenvalue weighted by molar-refractivity contribution is 0.175. The molecule has 2 N–H and O–H groups in total. The predicted octanol–water partition coefficient (Wildman–Crippen LogP) is 1.29. The molecule has 20 heavy (non-hydrogen) atoms. The zero-order valence-electron chi connectivity index (χ0n) is 11.9. The highest BCUT2D eigenvalue weighted by atomic mass is 16.5. The molecule has 0 fully saturated rings. The second-order valence-corrected chi connectivity index (χ2v) is 4.72. The van der Waals surface area contributed by atoms with Crippen molar-refractivity contribution in [3.05, 3.63) is 47.8 Å². The summed E-state index contributed by atoms with van der Waals surface area (Å²) in [5.74, 6) is 0.795. The van der Waals surface area contributed by atoms with Gasteiger partial charge in [0, 0.05) is 32.8 Å². The van der Waals surface area contributed by atoms with Crippen LogP contribution >= 0.6 is 0 Å². The molecule has 1 aromatic heterocycles. The first-order valence-electron chi connectivity index (χ1n) is 6.70. The van der Waals surface area contributed by atoms with Crippen LogP contribution in [0.4, 0.5) is 0 Å². The normalized spacial score (nSPS) is 12.3. The summed E-state index contributed by atoms with van der Waals surface area (Å²) in [4.78, 5) is 0. The first-order chi connectivity index (χ1) is 9.69. The number of aromatic nitrogens is 2. The van der Waals surface area contributed by atoms with Gasteiger partial charge < -0.3 is 15.2 Å². The van der Waals surface area contributed by atoms with E-state index in [0.717, 1.165) is 30.0 Å². The summed E-state index contributed by atoms with van der Waals surface area (Å²) in [6.07, 6.45) is 2.28. The Morgan fingerprint density at radius 2 is 2.05 bits per heavy atom. The molecule has 1 atom stereocenters. The third-order valence-electron chi connectivity index (χ3n) is 3.17. The van der Waals surface area contributed by atoms with Crippen molar-refractivity contribution in [3.63, 3.8) is 0 Å². The van der Waals surface area contributed by atoms with Crippen LogP contribution in [0.25, 0.3) is 0 Å². The van der Waals surface area contributed by atoms with Crippen molar-refractivity contribution in [2.24, 2.45) is 7.05 Å². The third-order valence-corrected chi connectivity index (χ3v) is 3.17. The summed E-state index contributed by atoms with van der Waals surface area (Å²) < 4.78 is 6.89. The number of benzene rings is 1. The fourth-order valence-electron chi connectivity index (χ4n) is 2.00. The smallest absolute Gasteiger partial charge is 0.118 e. The molecule has 0 bridgehead atoms. The van der Waals surface area contributed by atoms with Crippen molar-refractivity contribution in [2.75, 3.05) is 20.2 Å². The van der Waals surface area contributed by atoms with Crippen LogP contribution in [0.5, 0.6) is 5.75 Å². The molecule has 0 spiro atoms. The van der Waals surface area contributed by atoms with Crippen LogP contribution in [0.15, 0.2) is 36.5 Å². The van der Waals surface area contributed by atoms with E-state index >= 15 is 0 Å². The summed E-state index contributed by atoms with van der Waals surface area (Å²) in [6, 6.07) is 9.47. The highest BCUT2D eigenvalue weighted by molar-refractivity contribution is 5.28. The highest BCUT2D eigenvalue weighted by Crippen LogP contribution is 2.16. The fraction of sp³-hybridized carbons (Fsp3) is 0.400. The summed E-state index contributed by atoms with van der Waals surface area (Å²) in [5, 5.41) is 17.6. The van der Waals surface area contributed by atoms with Crippen molar-refractivity contribution in [1.29, 1.82) is 0 Å². The Bertz CT molecular complexity index is 522. The molecule has 1 heterocycles. The quantitative estimate of drug-likeness (QED) is 0.748. The molecule has 0 saturated heterocycles. The highest BCUT2D eigenvalue weighted by Gasteiger charge is 2.07. The van der Waals surface area contributed by atoms with Crippen molar-refractivity contribution in [1.82, 2.24) is 15.1 Å². The van der Waals surface area contributed by atoms with Crippen molar-refractivity contribution >= 4 is 0 Å². The van der Waals surface area contributed by atoms with Gasteiger partial charge in [0.05, 0.1) is 18.9 Å². The second-order valence-electron chi connectivity index (χ2n) is 4.72. The molecular formula is C15H21N3O2. The van der Waals surface area contributed by atoms with Gasteiger partial charge in [-0.05, 0) is 23.8 Å². The number of aliphatic hydroxyl groups is 1. The van der Waals surface area contributed by atoms with Crippen molar-refractivity contribution < 1.29 is 9.84 Å². The van der Waals surface area contributed by atoms with Crippen molar-refractivity contribution in [2.45, 2.75) is 12.5 Å². The first kappa shape index (κ1) is 14.6. The number of methoxy groups -OCH3 is 1. The molecule has 1 aromatic carbocycles.